The Kier molecular flexibility index (Phi) is 2.69. The zero-order valence-corrected chi connectivity index (χ0v) is 9.43. The van der Waals surface area contributed by atoms with E-state index in [0.29, 0.717) is 6.04 Å². The summed E-state index contributed by atoms with van der Waals surface area (Å²) in [6.07, 6.45) is 2.75. The van der Waals surface area contributed by atoms with Crippen LogP contribution in [0.25, 0.3) is 0 Å². The number of aryl methyl sites for hydroxylation is 1. The standard InChI is InChI=1S/C12H16ClN/c1-8-7-11(13)5-6-12(8)14-9(2)10-3-4-10/h5-7,9-10,14H,3-4H2,1-2H3/t9-/m0/s1. The molecule has 0 radical (unpaired) electrons. The Bertz CT molecular complexity index is 331. The molecule has 1 aromatic carbocycles. The van der Waals surface area contributed by atoms with E-state index in [4.69, 9.17) is 11.6 Å². The van der Waals surface area contributed by atoms with Gasteiger partial charge in [-0.15, -0.1) is 0 Å². The third-order valence-electron chi connectivity index (χ3n) is 2.90. The summed E-state index contributed by atoms with van der Waals surface area (Å²) in [5.74, 6) is 0.880. The first-order chi connectivity index (χ1) is 6.66. The minimum Gasteiger partial charge on any atom is -0.382 e. The average molecular weight is 210 g/mol. The molecule has 1 saturated carbocycles. The van der Waals surface area contributed by atoms with Crippen molar-refractivity contribution in [2.45, 2.75) is 32.7 Å². The molecule has 76 valence electrons. The highest BCUT2D eigenvalue weighted by Gasteiger charge is 2.27. The first-order valence-electron chi connectivity index (χ1n) is 5.19. The van der Waals surface area contributed by atoms with Crippen LogP contribution in [-0.2, 0) is 0 Å². The zero-order valence-electron chi connectivity index (χ0n) is 8.68. The quantitative estimate of drug-likeness (QED) is 0.797. The molecule has 1 aliphatic rings. The normalized spacial score (nSPS) is 17.9. The molecule has 0 aliphatic heterocycles. The third-order valence-corrected chi connectivity index (χ3v) is 3.14. The summed E-state index contributed by atoms with van der Waals surface area (Å²) in [7, 11) is 0. The number of anilines is 1. The molecule has 2 heteroatoms. The van der Waals surface area contributed by atoms with Crippen LogP contribution in [0.1, 0.15) is 25.3 Å². The first kappa shape index (κ1) is 9.85. The second-order valence-corrected chi connectivity index (χ2v) is 4.67. The third kappa shape index (κ3) is 2.21. The number of rotatable bonds is 3. The van der Waals surface area contributed by atoms with Gasteiger partial charge in [0.1, 0.15) is 0 Å². The second-order valence-electron chi connectivity index (χ2n) is 4.23. The predicted octanol–water partition coefficient (Wildman–Crippen LogP) is 3.86. The van der Waals surface area contributed by atoms with Crippen molar-refractivity contribution in [2.24, 2.45) is 5.92 Å². The molecule has 1 nitrogen and oxygen atoms in total. The topological polar surface area (TPSA) is 12.0 Å². The molecule has 1 atom stereocenters. The van der Waals surface area contributed by atoms with Gasteiger partial charge in [0.25, 0.3) is 0 Å². The fraction of sp³-hybridized carbons (Fsp3) is 0.500. The van der Waals surface area contributed by atoms with Crippen LogP contribution in [0.5, 0.6) is 0 Å². The lowest BCUT2D eigenvalue weighted by atomic mass is 10.1. The number of nitrogens with one attached hydrogen (secondary N) is 1. The Balaban J connectivity index is 2.07. The summed E-state index contributed by atoms with van der Waals surface area (Å²) in [6, 6.07) is 6.60. The van der Waals surface area contributed by atoms with E-state index >= 15 is 0 Å². The van der Waals surface area contributed by atoms with E-state index in [1.807, 2.05) is 12.1 Å². The van der Waals surface area contributed by atoms with Crippen LogP contribution in [0.15, 0.2) is 18.2 Å². The van der Waals surface area contributed by atoms with Gasteiger partial charge < -0.3 is 5.32 Å². The number of benzene rings is 1. The van der Waals surface area contributed by atoms with Crippen molar-refractivity contribution in [3.63, 3.8) is 0 Å². The highest BCUT2D eigenvalue weighted by Crippen LogP contribution is 2.34. The Morgan fingerprint density at radius 2 is 2.14 bits per heavy atom. The molecule has 0 unspecified atom stereocenters. The van der Waals surface area contributed by atoms with Gasteiger partial charge >= 0.3 is 0 Å². The lowest BCUT2D eigenvalue weighted by molar-refractivity contribution is 0.693. The van der Waals surface area contributed by atoms with Crippen molar-refractivity contribution < 1.29 is 0 Å². The smallest absolute Gasteiger partial charge is 0.0410 e. The second kappa shape index (κ2) is 3.82. The minimum atomic E-state index is 0.592. The van der Waals surface area contributed by atoms with Crippen LogP contribution < -0.4 is 5.32 Å². The molecule has 0 saturated heterocycles. The molecule has 1 N–H and O–H groups in total. The summed E-state index contributed by atoms with van der Waals surface area (Å²) >= 11 is 5.90. The maximum absolute atomic E-state index is 5.90. The van der Waals surface area contributed by atoms with Gasteiger partial charge in [0.15, 0.2) is 0 Å². The molecule has 2 rings (SSSR count). The Morgan fingerprint density at radius 1 is 1.43 bits per heavy atom. The van der Waals surface area contributed by atoms with E-state index in [-0.39, 0.29) is 0 Å². The molecule has 1 aromatic rings. The van der Waals surface area contributed by atoms with E-state index < -0.39 is 0 Å². The summed E-state index contributed by atoms with van der Waals surface area (Å²) in [5, 5.41) is 4.35. The van der Waals surface area contributed by atoms with Crippen molar-refractivity contribution in [1.82, 2.24) is 0 Å². The molecule has 0 spiro atoms. The molecule has 1 fully saturated rings. The van der Waals surface area contributed by atoms with E-state index in [0.717, 1.165) is 10.9 Å². The SMILES string of the molecule is Cc1cc(Cl)ccc1N[C@@H](C)C1CC1. The molecule has 14 heavy (non-hydrogen) atoms. The van der Waals surface area contributed by atoms with Gasteiger partial charge in [0.05, 0.1) is 0 Å². The Labute approximate surface area is 90.5 Å². The molecular formula is C12H16ClN. The fourth-order valence-electron chi connectivity index (χ4n) is 1.75. The van der Waals surface area contributed by atoms with Crippen LogP contribution in [0.3, 0.4) is 0 Å². The monoisotopic (exact) mass is 209 g/mol. The van der Waals surface area contributed by atoms with Crippen LogP contribution >= 0.6 is 11.6 Å². The highest BCUT2D eigenvalue weighted by atomic mass is 35.5. The largest absolute Gasteiger partial charge is 0.382 e. The van der Waals surface area contributed by atoms with Crippen molar-refractivity contribution >= 4 is 17.3 Å². The number of hydrogen-bond acceptors (Lipinski definition) is 1. The predicted molar refractivity (Wildman–Crippen MR) is 62.0 cm³/mol. The van der Waals surface area contributed by atoms with Crippen molar-refractivity contribution in [1.29, 1.82) is 0 Å². The maximum Gasteiger partial charge on any atom is 0.0410 e. The highest BCUT2D eigenvalue weighted by molar-refractivity contribution is 6.30. The van der Waals surface area contributed by atoms with Crippen molar-refractivity contribution in [3.8, 4) is 0 Å². The van der Waals surface area contributed by atoms with Gasteiger partial charge in [-0.3, -0.25) is 0 Å². The van der Waals surface area contributed by atoms with Gasteiger partial charge in [-0.1, -0.05) is 11.6 Å². The fourth-order valence-corrected chi connectivity index (χ4v) is 1.98. The van der Waals surface area contributed by atoms with E-state index in [9.17, 15) is 0 Å². The van der Waals surface area contributed by atoms with E-state index in [1.165, 1.54) is 24.1 Å². The number of halogens is 1. The Morgan fingerprint density at radius 3 is 2.71 bits per heavy atom. The van der Waals surface area contributed by atoms with Gasteiger partial charge in [0, 0.05) is 16.8 Å². The van der Waals surface area contributed by atoms with Crippen LogP contribution in [-0.4, -0.2) is 6.04 Å². The maximum atomic E-state index is 5.90. The molecule has 0 amide bonds. The molecular weight excluding hydrogens is 194 g/mol. The zero-order chi connectivity index (χ0) is 10.1. The van der Waals surface area contributed by atoms with Gasteiger partial charge in [-0.05, 0) is 56.4 Å². The summed E-state index contributed by atoms with van der Waals surface area (Å²) in [6.45, 7) is 4.35. The Hall–Kier alpha value is -0.690. The van der Waals surface area contributed by atoms with Crippen molar-refractivity contribution in [2.75, 3.05) is 5.32 Å². The minimum absolute atomic E-state index is 0.592. The van der Waals surface area contributed by atoms with Gasteiger partial charge in [0.2, 0.25) is 0 Å². The lowest BCUT2D eigenvalue weighted by Crippen LogP contribution is -2.17. The van der Waals surface area contributed by atoms with Gasteiger partial charge in [-0.25, -0.2) is 0 Å². The van der Waals surface area contributed by atoms with Crippen LogP contribution in [0, 0.1) is 12.8 Å². The van der Waals surface area contributed by atoms with Gasteiger partial charge in [-0.2, -0.15) is 0 Å². The molecule has 0 aromatic heterocycles. The van der Waals surface area contributed by atoms with E-state index in [1.54, 1.807) is 0 Å². The van der Waals surface area contributed by atoms with Crippen LogP contribution in [0.4, 0.5) is 5.69 Å². The summed E-state index contributed by atoms with van der Waals surface area (Å²) < 4.78 is 0. The molecule has 0 heterocycles. The average Bonchev–Trinajstić information content (AvgIpc) is 2.92. The van der Waals surface area contributed by atoms with E-state index in [2.05, 4.69) is 25.2 Å². The molecule has 1 aliphatic carbocycles. The van der Waals surface area contributed by atoms with Crippen LogP contribution in [0.2, 0.25) is 5.02 Å². The number of hydrogen-bond donors (Lipinski definition) is 1. The molecule has 0 bridgehead atoms. The van der Waals surface area contributed by atoms with Crippen molar-refractivity contribution in [3.05, 3.63) is 28.8 Å². The lowest BCUT2D eigenvalue weighted by Gasteiger charge is -2.16. The summed E-state index contributed by atoms with van der Waals surface area (Å²) in [4.78, 5) is 0. The first-order valence-corrected chi connectivity index (χ1v) is 5.57. The summed E-state index contributed by atoms with van der Waals surface area (Å²) in [5.41, 5.74) is 2.44.